The van der Waals surface area contributed by atoms with E-state index in [9.17, 15) is 19.2 Å². The van der Waals surface area contributed by atoms with Gasteiger partial charge in [0.25, 0.3) is 0 Å². The topological polar surface area (TPSA) is 141 Å². The summed E-state index contributed by atoms with van der Waals surface area (Å²) in [6.45, 7) is 40.2. The summed E-state index contributed by atoms with van der Waals surface area (Å²) in [4.78, 5) is 52.6. The maximum Gasteiger partial charge on any atom is 0.407 e. The van der Waals surface area contributed by atoms with Crippen LogP contribution in [0.15, 0.2) is 188 Å². The fourth-order valence-electron chi connectivity index (χ4n) is 9.44. The number of hydrogen-bond donors (Lipinski definition) is 2. The Labute approximate surface area is 526 Å². The van der Waals surface area contributed by atoms with Gasteiger partial charge in [-0.3, -0.25) is 9.59 Å². The highest BCUT2D eigenvalue weighted by Gasteiger charge is 2.37. The standard InChI is InChI=1S/C38H53NO4.C25H38O3.C13H14NO.CH4/c1-9-30(5)19-13-11-16-22-33(31-20-14-12-15-21-31)28-38(8,10-2)35(40)42-25-18-26-43-36(41)39-37(6,7)34-24-17-23-32(27-34)29(3)4;1-5-21(3)14-9-7-12-17-23(22-15-10-8-11-16-22)20-25(4,6-2)24(27)28-19-13-18-26;1-10(2)11-6-5-7-12(8-11)13(3,4)14-9-15;/h9,11-12,14-17,20-21,23-24,27,30,33H,1,3,10,13,18-19,22,25-26,28H2,2,4-8H3,(H,39,41);5,7-8,10-12,15-16,21,23,26H,1,6,9,13-14,17-20H2,2-4H3;5,7-8H,1H2,2-4H3;1H4/q;;+1;. The van der Waals surface area contributed by atoms with E-state index in [0.717, 1.165) is 84.8 Å². The van der Waals surface area contributed by atoms with E-state index in [2.05, 4.69) is 129 Å². The summed E-state index contributed by atoms with van der Waals surface area (Å²) in [5.74, 6) is 1.15. The number of alkyl carbamates (subject to hydrolysis) is 1. The van der Waals surface area contributed by atoms with Crippen molar-refractivity contribution >= 4 is 29.7 Å². The Morgan fingerprint density at radius 3 is 1.61 bits per heavy atom. The van der Waals surface area contributed by atoms with Crippen LogP contribution in [-0.4, -0.2) is 61.2 Å². The summed E-state index contributed by atoms with van der Waals surface area (Å²) < 4.78 is 16.6. The predicted octanol–water partition coefficient (Wildman–Crippen LogP) is 19.3. The molecule has 1 aliphatic rings. The number of carbonyl (C=O) groups is 3. The summed E-state index contributed by atoms with van der Waals surface area (Å²) in [6.07, 6.45) is 32.6. The number of aliphatic hydroxyl groups is 1. The first kappa shape index (κ1) is 77.8. The maximum absolute atomic E-state index is 13.3. The molecule has 0 radical (unpaired) electrons. The third kappa shape index (κ3) is 28.9. The molecule has 10 nitrogen and oxygen atoms in total. The minimum Gasteiger partial charge on any atom is -0.465 e. The molecule has 0 heterocycles. The van der Waals surface area contributed by atoms with E-state index in [1.807, 2.05) is 136 Å². The van der Waals surface area contributed by atoms with Crippen LogP contribution in [-0.2, 0) is 34.1 Å². The van der Waals surface area contributed by atoms with Crippen molar-refractivity contribution in [2.24, 2.45) is 27.7 Å². The van der Waals surface area contributed by atoms with E-state index in [0.29, 0.717) is 37.5 Å². The van der Waals surface area contributed by atoms with Crippen LogP contribution in [0, 0.1) is 28.7 Å². The molecule has 0 aromatic heterocycles. The monoisotopic (exact) mass is 1190 g/mol. The van der Waals surface area contributed by atoms with Gasteiger partial charge in [-0.1, -0.05) is 169 Å². The molecule has 3 aromatic rings. The molecule has 3 aromatic carbocycles. The molecule has 474 valence electrons. The van der Waals surface area contributed by atoms with Crippen molar-refractivity contribution in [3.05, 3.63) is 211 Å². The minimum absolute atomic E-state index is 0. The highest BCUT2D eigenvalue weighted by Crippen LogP contribution is 2.40. The molecule has 0 bridgehead atoms. The largest absolute Gasteiger partial charge is 0.465 e. The highest BCUT2D eigenvalue weighted by molar-refractivity contribution is 5.77. The fraction of sp³-hybridized carbons (Fsp3) is 0.481. The molecule has 4 rings (SSSR count). The molecular formula is C77H109N2O8+. The highest BCUT2D eigenvalue weighted by atomic mass is 16.6. The number of amides is 1. The van der Waals surface area contributed by atoms with Crippen molar-refractivity contribution in [3.8, 4) is 0 Å². The molecule has 0 saturated carbocycles. The van der Waals surface area contributed by atoms with Crippen molar-refractivity contribution in [3.63, 3.8) is 0 Å². The molecule has 2 N–H and O–H groups in total. The Balaban J connectivity index is 0.000000732. The average Bonchev–Trinajstić information content (AvgIpc) is 3.66. The summed E-state index contributed by atoms with van der Waals surface area (Å²) in [5.41, 5.74) is 5.99. The second kappa shape index (κ2) is 41.0. The molecule has 0 fully saturated rings. The van der Waals surface area contributed by atoms with Gasteiger partial charge in [-0.05, 0) is 172 Å². The Morgan fingerprint density at radius 1 is 0.690 bits per heavy atom. The fourth-order valence-corrected chi connectivity index (χ4v) is 9.44. The first-order valence-electron chi connectivity index (χ1n) is 30.9. The molecule has 6 unspecified atom stereocenters. The molecule has 87 heavy (non-hydrogen) atoms. The lowest BCUT2D eigenvalue weighted by molar-refractivity contribution is -0.157. The van der Waals surface area contributed by atoms with E-state index < -0.39 is 28.0 Å². The third-order valence-corrected chi connectivity index (χ3v) is 16.1. The Hall–Kier alpha value is -7.22. The third-order valence-electron chi connectivity index (χ3n) is 16.1. The molecule has 0 spiro atoms. The number of aliphatic hydroxyl groups excluding tert-OH is 1. The first-order chi connectivity index (χ1) is 40.8. The van der Waals surface area contributed by atoms with E-state index in [1.165, 1.54) is 11.1 Å². The zero-order valence-electron chi connectivity index (χ0n) is 54.5. The van der Waals surface area contributed by atoms with Gasteiger partial charge in [-0.25, -0.2) is 9.59 Å². The number of benzene rings is 3. The van der Waals surface area contributed by atoms with Crippen LogP contribution in [0.25, 0.3) is 5.57 Å². The maximum atomic E-state index is 13.3. The van der Waals surface area contributed by atoms with Gasteiger partial charge >= 0.3 is 18.0 Å². The smallest absolute Gasteiger partial charge is 0.407 e. The van der Waals surface area contributed by atoms with Crippen LogP contribution < -0.4 is 5.32 Å². The average molecular weight is 1190 g/mol. The van der Waals surface area contributed by atoms with E-state index in [-0.39, 0.29) is 57.6 Å². The van der Waals surface area contributed by atoms with Crippen molar-refractivity contribution in [1.29, 1.82) is 0 Å². The van der Waals surface area contributed by atoms with Crippen LogP contribution >= 0.6 is 0 Å². The molecule has 10 heteroatoms. The van der Waals surface area contributed by atoms with Gasteiger partial charge in [0.05, 0.1) is 47.8 Å². The number of ether oxygens (including phenoxy) is 3. The number of aliphatic imine (C=N–C) groups is 1. The van der Waals surface area contributed by atoms with Gasteiger partial charge < -0.3 is 24.6 Å². The summed E-state index contributed by atoms with van der Waals surface area (Å²) in [5, 5.41) is 11.9. The van der Waals surface area contributed by atoms with Gasteiger partial charge in [0.15, 0.2) is 0 Å². The lowest BCUT2D eigenvalue weighted by atomic mass is 9.75. The molecule has 0 saturated heterocycles. The minimum atomic E-state index is -0.619. The summed E-state index contributed by atoms with van der Waals surface area (Å²) >= 11 is 0. The van der Waals surface area contributed by atoms with Gasteiger partial charge in [0, 0.05) is 43.2 Å². The molecule has 6 atom stereocenters. The quantitative estimate of drug-likeness (QED) is 0.0113. The number of nitrogens with one attached hydrogen (secondary N) is 1. The Morgan fingerprint density at radius 2 is 1.17 bits per heavy atom. The lowest BCUT2D eigenvalue weighted by Gasteiger charge is -2.30. The van der Waals surface area contributed by atoms with Crippen molar-refractivity contribution in [2.75, 3.05) is 26.4 Å². The lowest BCUT2D eigenvalue weighted by Crippen LogP contribution is -2.41. The SMILES string of the molecule is C.C=C(C)C1=[C+]C=CC(C(C)(C)N=C=O)=C1.C=CC(C)CCC=CCC(CC(C)(CC)C(=O)OCCCO)c1ccccc1.C=CC(C)CCC=CCC(CC(C)(CC)C(=O)OCCCOC(=O)NC(C)(C)c1cccc(C(=C)C)c1)c1ccccc1. The molecule has 1 amide bonds. The van der Waals surface area contributed by atoms with E-state index in [4.69, 9.17) is 19.3 Å². The van der Waals surface area contributed by atoms with E-state index in [1.54, 1.807) is 6.08 Å². The number of carbonyl (C=O) groups excluding carboxylic acids is 4. The van der Waals surface area contributed by atoms with Crippen LogP contribution in [0.3, 0.4) is 0 Å². The second-order valence-corrected chi connectivity index (χ2v) is 24.4. The number of esters is 2. The van der Waals surface area contributed by atoms with Gasteiger partial charge in [-0.2, -0.15) is 4.99 Å². The van der Waals surface area contributed by atoms with Crippen molar-refractivity contribution in [1.82, 2.24) is 5.32 Å². The van der Waals surface area contributed by atoms with Crippen LogP contribution in [0.2, 0.25) is 0 Å². The summed E-state index contributed by atoms with van der Waals surface area (Å²) in [6, 6.07) is 28.8. The number of rotatable bonds is 35. The number of hydrogen-bond acceptors (Lipinski definition) is 9. The van der Waals surface area contributed by atoms with Crippen molar-refractivity contribution < 1.29 is 38.5 Å². The van der Waals surface area contributed by atoms with Crippen LogP contribution in [0.1, 0.15) is 202 Å². The van der Waals surface area contributed by atoms with Gasteiger partial charge in [0.2, 0.25) is 6.08 Å². The Bertz CT molecular complexity index is 2790. The predicted molar refractivity (Wildman–Crippen MR) is 364 cm³/mol. The number of isocyanates is 1. The van der Waals surface area contributed by atoms with Crippen LogP contribution in [0.4, 0.5) is 4.79 Å². The summed E-state index contributed by atoms with van der Waals surface area (Å²) in [7, 11) is 0. The van der Waals surface area contributed by atoms with Gasteiger partial charge in [-0.15, -0.1) is 13.2 Å². The molecule has 0 aliphatic heterocycles. The van der Waals surface area contributed by atoms with Crippen molar-refractivity contribution in [2.45, 2.75) is 190 Å². The molecular weight excluding hydrogens is 1080 g/mol. The zero-order valence-corrected chi connectivity index (χ0v) is 54.5. The molecule has 1 aliphatic carbocycles. The van der Waals surface area contributed by atoms with Crippen LogP contribution in [0.5, 0.6) is 0 Å². The Kier molecular flexibility index (Phi) is 36.7. The zero-order chi connectivity index (χ0) is 64.2. The van der Waals surface area contributed by atoms with Gasteiger partial charge in [0.1, 0.15) is 11.1 Å². The van der Waals surface area contributed by atoms with E-state index >= 15 is 0 Å². The first-order valence-corrected chi connectivity index (χ1v) is 30.9. The number of nitrogens with zero attached hydrogens (tertiary/aromatic N) is 1. The normalized spacial score (nSPS) is 14.7. The second-order valence-electron chi connectivity index (χ2n) is 24.4. The number of allylic oxidation sites excluding steroid dienone is 12.